The van der Waals surface area contributed by atoms with Gasteiger partial charge in [-0.2, -0.15) is 0 Å². The topological polar surface area (TPSA) is 70.7 Å². The van der Waals surface area contributed by atoms with Gasteiger partial charge in [-0.3, -0.25) is 9.69 Å². The summed E-state index contributed by atoms with van der Waals surface area (Å²) in [6, 6.07) is 0.372. The monoisotopic (exact) mass is 341 g/mol. The summed E-state index contributed by atoms with van der Waals surface area (Å²) in [4.78, 5) is 25.8. The lowest BCUT2D eigenvalue weighted by atomic mass is 9.99. The van der Waals surface area contributed by atoms with Crippen molar-refractivity contribution in [2.75, 3.05) is 26.2 Å². The Morgan fingerprint density at radius 2 is 2.00 bits per heavy atom. The highest BCUT2D eigenvalue weighted by Crippen LogP contribution is 2.17. The highest BCUT2D eigenvalue weighted by molar-refractivity contribution is 5.76. The van der Waals surface area contributed by atoms with E-state index in [9.17, 15) is 9.59 Å². The Morgan fingerprint density at radius 1 is 1.29 bits per heavy atom. The van der Waals surface area contributed by atoms with Crippen molar-refractivity contribution in [1.29, 1.82) is 0 Å². The van der Waals surface area contributed by atoms with Crippen molar-refractivity contribution in [1.82, 2.24) is 15.5 Å². The maximum atomic E-state index is 11.9. The normalized spacial score (nSPS) is 20.3. The first-order valence-electron chi connectivity index (χ1n) is 9.15. The summed E-state index contributed by atoms with van der Waals surface area (Å²) in [5.74, 6) is 0.786. The van der Waals surface area contributed by atoms with Crippen LogP contribution in [0.5, 0.6) is 0 Å². The van der Waals surface area contributed by atoms with Crippen LogP contribution in [0.2, 0.25) is 0 Å². The van der Waals surface area contributed by atoms with Crippen molar-refractivity contribution >= 4 is 12.0 Å². The molecule has 6 heteroatoms. The van der Waals surface area contributed by atoms with Gasteiger partial charge in [-0.05, 0) is 59.4 Å². The minimum absolute atomic E-state index is 0.0397. The fourth-order valence-corrected chi connectivity index (χ4v) is 2.86. The Kier molecular flexibility index (Phi) is 8.53. The molecule has 2 unspecified atom stereocenters. The fraction of sp³-hybridized carbons (Fsp3) is 0.889. The molecule has 0 aliphatic carbocycles. The van der Waals surface area contributed by atoms with Gasteiger partial charge in [0.05, 0.1) is 0 Å². The lowest BCUT2D eigenvalue weighted by Crippen LogP contribution is -2.46. The first-order chi connectivity index (χ1) is 11.2. The Balaban J connectivity index is 2.10. The second-order valence-electron chi connectivity index (χ2n) is 7.93. The molecule has 1 rings (SSSR count). The number of rotatable bonds is 7. The number of hydrogen-bond donors (Lipinski definition) is 2. The van der Waals surface area contributed by atoms with Gasteiger partial charge in [0.1, 0.15) is 5.60 Å². The third-order valence-electron chi connectivity index (χ3n) is 4.16. The van der Waals surface area contributed by atoms with Crippen molar-refractivity contribution < 1.29 is 14.3 Å². The summed E-state index contributed by atoms with van der Waals surface area (Å²) < 4.78 is 5.14. The molecule has 2 amide bonds. The van der Waals surface area contributed by atoms with Crippen molar-refractivity contribution in [3.05, 3.63) is 0 Å². The van der Waals surface area contributed by atoms with Crippen LogP contribution in [0.25, 0.3) is 0 Å². The summed E-state index contributed by atoms with van der Waals surface area (Å²) in [6.07, 6.45) is 3.14. The number of amides is 2. The molecule has 6 nitrogen and oxygen atoms in total. The summed E-state index contributed by atoms with van der Waals surface area (Å²) in [6.45, 7) is 13.3. The largest absolute Gasteiger partial charge is 0.444 e. The Labute approximate surface area is 146 Å². The van der Waals surface area contributed by atoms with Gasteiger partial charge in [0.15, 0.2) is 0 Å². The molecule has 0 aromatic heterocycles. The highest BCUT2D eigenvalue weighted by atomic mass is 16.6. The maximum Gasteiger partial charge on any atom is 0.407 e. The number of nitrogens with zero attached hydrogens (tertiary/aromatic N) is 1. The van der Waals surface area contributed by atoms with Crippen LogP contribution in [-0.2, 0) is 9.53 Å². The van der Waals surface area contributed by atoms with Crippen molar-refractivity contribution in [2.45, 2.75) is 71.9 Å². The Bertz CT molecular complexity index is 407. The van der Waals surface area contributed by atoms with Crippen LogP contribution in [0.1, 0.15) is 60.3 Å². The van der Waals surface area contributed by atoms with Crippen LogP contribution in [0.3, 0.4) is 0 Å². The Hall–Kier alpha value is -1.30. The average molecular weight is 341 g/mol. The van der Waals surface area contributed by atoms with E-state index < -0.39 is 11.7 Å². The molecule has 0 aromatic carbocycles. The molecule has 0 saturated carbocycles. The first-order valence-corrected chi connectivity index (χ1v) is 9.15. The third-order valence-corrected chi connectivity index (χ3v) is 4.16. The fourth-order valence-electron chi connectivity index (χ4n) is 2.86. The maximum absolute atomic E-state index is 11.9. The van der Waals surface area contributed by atoms with Gasteiger partial charge in [0.25, 0.3) is 0 Å². The molecule has 1 saturated heterocycles. The van der Waals surface area contributed by atoms with E-state index in [-0.39, 0.29) is 5.91 Å². The van der Waals surface area contributed by atoms with Crippen molar-refractivity contribution in [2.24, 2.45) is 5.92 Å². The van der Waals surface area contributed by atoms with E-state index in [1.165, 1.54) is 12.8 Å². The van der Waals surface area contributed by atoms with Crippen LogP contribution < -0.4 is 10.6 Å². The van der Waals surface area contributed by atoms with Crippen LogP contribution in [-0.4, -0.2) is 54.7 Å². The second kappa shape index (κ2) is 9.87. The molecule has 1 aliphatic rings. The van der Waals surface area contributed by atoms with Gasteiger partial charge in [0, 0.05) is 32.1 Å². The number of carbonyl (C=O) groups is 2. The molecule has 0 bridgehead atoms. The number of likely N-dealkylation sites (tertiary alicyclic amines) is 1. The third kappa shape index (κ3) is 9.11. The molecule has 0 spiro atoms. The van der Waals surface area contributed by atoms with Gasteiger partial charge >= 0.3 is 6.09 Å². The minimum atomic E-state index is -0.496. The molecule has 2 N–H and O–H groups in total. The van der Waals surface area contributed by atoms with Crippen molar-refractivity contribution in [3.8, 4) is 0 Å². The van der Waals surface area contributed by atoms with Gasteiger partial charge in [-0.15, -0.1) is 0 Å². The molecule has 140 valence electrons. The zero-order chi connectivity index (χ0) is 18.2. The number of hydrogen-bond acceptors (Lipinski definition) is 4. The lowest BCUT2D eigenvalue weighted by molar-refractivity contribution is -0.121. The lowest BCUT2D eigenvalue weighted by Gasteiger charge is -2.35. The summed E-state index contributed by atoms with van der Waals surface area (Å²) in [7, 11) is 0. The SMILES string of the molecule is CC1CCCN(C(C)CNC(=O)CCCNC(=O)OC(C)(C)C)C1. The van der Waals surface area contributed by atoms with E-state index in [4.69, 9.17) is 4.74 Å². The molecule has 0 radical (unpaired) electrons. The zero-order valence-corrected chi connectivity index (χ0v) is 16.0. The van der Waals surface area contributed by atoms with E-state index in [0.29, 0.717) is 32.0 Å². The molecule has 1 aliphatic heterocycles. The molecular weight excluding hydrogens is 306 g/mol. The van der Waals surface area contributed by atoms with Gasteiger partial charge in [-0.1, -0.05) is 6.92 Å². The van der Waals surface area contributed by atoms with Crippen molar-refractivity contribution in [3.63, 3.8) is 0 Å². The molecule has 2 atom stereocenters. The number of ether oxygens (including phenoxy) is 1. The predicted molar refractivity (Wildman–Crippen MR) is 95.9 cm³/mol. The van der Waals surface area contributed by atoms with E-state index in [2.05, 4.69) is 29.4 Å². The second-order valence-corrected chi connectivity index (χ2v) is 7.93. The Morgan fingerprint density at radius 3 is 2.62 bits per heavy atom. The van der Waals surface area contributed by atoms with Gasteiger partial charge < -0.3 is 15.4 Å². The summed E-state index contributed by atoms with van der Waals surface area (Å²) >= 11 is 0. The smallest absolute Gasteiger partial charge is 0.407 e. The van der Waals surface area contributed by atoms with Crippen LogP contribution in [0.4, 0.5) is 4.79 Å². The van der Waals surface area contributed by atoms with Gasteiger partial charge in [-0.25, -0.2) is 4.79 Å². The standard InChI is InChI=1S/C18H35N3O3/c1-14-8-7-11-21(13-14)15(2)12-20-16(22)9-6-10-19-17(23)24-18(3,4)5/h14-15H,6-13H2,1-5H3,(H,19,23)(H,20,22). The molecule has 0 aromatic rings. The zero-order valence-electron chi connectivity index (χ0n) is 16.0. The number of carbonyl (C=O) groups excluding carboxylic acids is 2. The quantitative estimate of drug-likeness (QED) is 0.698. The molecule has 1 heterocycles. The molecule has 1 fully saturated rings. The predicted octanol–water partition coefficient (Wildman–Crippen LogP) is 2.53. The number of alkyl carbamates (subject to hydrolysis) is 1. The van der Waals surface area contributed by atoms with E-state index in [1.807, 2.05) is 20.8 Å². The average Bonchev–Trinajstić information content (AvgIpc) is 2.47. The van der Waals surface area contributed by atoms with Crippen LogP contribution >= 0.6 is 0 Å². The van der Waals surface area contributed by atoms with E-state index >= 15 is 0 Å². The summed E-state index contributed by atoms with van der Waals surface area (Å²) in [5.41, 5.74) is -0.496. The first kappa shape index (κ1) is 20.7. The summed E-state index contributed by atoms with van der Waals surface area (Å²) in [5, 5.41) is 5.66. The minimum Gasteiger partial charge on any atom is -0.444 e. The number of piperidine rings is 1. The molecular formula is C18H35N3O3. The molecule has 24 heavy (non-hydrogen) atoms. The number of nitrogens with one attached hydrogen (secondary N) is 2. The van der Waals surface area contributed by atoms with Crippen LogP contribution in [0, 0.1) is 5.92 Å². The van der Waals surface area contributed by atoms with Gasteiger partial charge in [0.2, 0.25) is 5.91 Å². The highest BCUT2D eigenvalue weighted by Gasteiger charge is 2.21. The van der Waals surface area contributed by atoms with E-state index in [0.717, 1.165) is 19.0 Å². The van der Waals surface area contributed by atoms with Crippen LogP contribution in [0.15, 0.2) is 0 Å². The van der Waals surface area contributed by atoms with E-state index in [1.54, 1.807) is 0 Å².